The third kappa shape index (κ3) is 2.63. The van der Waals surface area contributed by atoms with Gasteiger partial charge in [0.05, 0.1) is 0 Å². The van der Waals surface area contributed by atoms with Crippen molar-refractivity contribution in [3.8, 4) is 11.4 Å². The fraction of sp³-hybridized carbons (Fsp3) is 0.158. The molecule has 0 radical (unpaired) electrons. The van der Waals surface area contributed by atoms with Crippen LogP contribution in [0.25, 0.3) is 11.4 Å². The molecule has 6 heteroatoms. The molecule has 2 aromatic carbocycles. The number of halogens is 3. The van der Waals surface area contributed by atoms with E-state index in [9.17, 15) is 13.2 Å². The van der Waals surface area contributed by atoms with Crippen LogP contribution >= 0.6 is 0 Å². The predicted molar refractivity (Wildman–Crippen MR) is 89.8 cm³/mol. The van der Waals surface area contributed by atoms with Gasteiger partial charge < -0.3 is 4.90 Å². The van der Waals surface area contributed by atoms with Crippen LogP contribution in [0.3, 0.4) is 0 Å². The first kappa shape index (κ1) is 15.6. The number of aromatic nitrogens is 2. The van der Waals surface area contributed by atoms with Crippen molar-refractivity contribution in [1.29, 1.82) is 0 Å². The van der Waals surface area contributed by atoms with E-state index in [1.165, 1.54) is 0 Å². The van der Waals surface area contributed by atoms with Crippen molar-refractivity contribution in [2.45, 2.75) is 12.6 Å². The first-order valence-corrected chi connectivity index (χ1v) is 7.80. The number of fused-ring (bicyclic) bond motifs is 2. The van der Waals surface area contributed by atoms with Gasteiger partial charge in [-0.3, -0.25) is 0 Å². The molecule has 0 N–H and O–H groups in total. The summed E-state index contributed by atoms with van der Waals surface area (Å²) in [4.78, 5) is 10.0. The summed E-state index contributed by atoms with van der Waals surface area (Å²) in [7, 11) is 1.73. The molecule has 0 fully saturated rings. The summed E-state index contributed by atoms with van der Waals surface area (Å²) in [6.07, 6.45) is -4.37. The van der Waals surface area contributed by atoms with Crippen LogP contribution in [0.4, 0.5) is 24.7 Å². The number of para-hydroxylation sites is 1. The van der Waals surface area contributed by atoms with Crippen molar-refractivity contribution >= 4 is 11.5 Å². The highest BCUT2D eigenvalue weighted by molar-refractivity contribution is 5.73. The average Bonchev–Trinajstić information content (AvgIpc) is 2.61. The summed E-state index contributed by atoms with van der Waals surface area (Å²) in [5.74, 6) is 0.387. The summed E-state index contributed by atoms with van der Waals surface area (Å²) in [6, 6.07) is 16.1. The van der Waals surface area contributed by atoms with Crippen LogP contribution in [-0.2, 0) is 12.6 Å². The molecule has 2 heterocycles. The Morgan fingerprint density at radius 2 is 1.60 bits per heavy atom. The number of benzene rings is 2. The fourth-order valence-corrected chi connectivity index (χ4v) is 3.16. The van der Waals surface area contributed by atoms with Crippen LogP contribution in [0.1, 0.15) is 16.8 Å². The lowest BCUT2D eigenvalue weighted by Crippen LogP contribution is -2.25. The Balaban J connectivity index is 1.96. The Morgan fingerprint density at radius 1 is 0.920 bits per heavy atom. The molecule has 1 aliphatic heterocycles. The monoisotopic (exact) mass is 341 g/mol. The molecule has 0 bridgehead atoms. The minimum atomic E-state index is -4.54. The summed E-state index contributed by atoms with van der Waals surface area (Å²) in [5, 5.41) is 0. The normalized spacial score (nSPS) is 13.4. The zero-order valence-electron chi connectivity index (χ0n) is 13.4. The summed E-state index contributed by atoms with van der Waals surface area (Å²) < 4.78 is 41.0. The van der Waals surface area contributed by atoms with Gasteiger partial charge in [0, 0.05) is 30.3 Å². The van der Waals surface area contributed by atoms with E-state index in [0.717, 1.165) is 11.3 Å². The van der Waals surface area contributed by atoms with E-state index >= 15 is 0 Å². The number of hydrogen-bond donors (Lipinski definition) is 0. The van der Waals surface area contributed by atoms with Gasteiger partial charge in [0.25, 0.3) is 0 Å². The van der Waals surface area contributed by atoms with Crippen LogP contribution in [0.15, 0.2) is 54.6 Å². The van der Waals surface area contributed by atoms with Gasteiger partial charge in [-0.15, -0.1) is 0 Å². The van der Waals surface area contributed by atoms with Gasteiger partial charge >= 0.3 is 6.18 Å². The lowest BCUT2D eigenvalue weighted by Gasteiger charge is -2.30. The summed E-state index contributed by atoms with van der Waals surface area (Å²) in [6.45, 7) is 0. The number of rotatable bonds is 1. The molecule has 0 saturated heterocycles. The summed E-state index contributed by atoms with van der Waals surface area (Å²) >= 11 is 0. The number of alkyl halides is 3. The lowest BCUT2D eigenvalue weighted by molar-refractivity contribution is -0.141. The highest BCUT2D eigenvalue weighted by Crippen LogP contribution is 2.42. The maximum absolute atomic E-state index is 13.7. The van der Waals surface area contributed by atoms with Crippen molar-refractivity contribution < 1.29 is 13.2 Å². The first-order valence-electron chi connectivity index (χ1n) is 7.80. The molecular formula is C19H14F3N3. The maximum Gasteiger partial charge on any atom is 0.433 e. The highest BCUT2D eigenvalue weighted by atomic mass is 19.4. The van der Waals surface area contributed by atoms with Crippen LogP contribution in [0.2, 0.25) is 0 Å². The van der Waals surface area contributed by atoms with Gasteiger partial charge in [-0.2, -0.15) is 13.2 Å². The topological polar surface area (TPSA) is 29.0 Å². The molecule has 3 nitrogen and oxygen atoms in total. The maximum atomic E-state index is 13.7. The second-order valence-corrected chi connectivity index (χ2v) is 5.93. The van der Waals surface area contributed by atoms with Gasteiger partial charge in [0.2, 0.25) is 0 Å². The lowest BCUT2D eigenvalue weighted by atomic mass is 9.96. The first-order chi connectivity index (χ1) is 11.9. The van der Waals surface area contributed by atoms with Gasteiger partial charge in [0.15, 0.2) is 11.5 Å². The molecule has 0 spiro atoms. The Hall–Kier alpha value is -2.89. The van der Waals surface area contributed by atoms with E-state index in [1.807, 2.05) is 24.3 Å². The van der Waals surface area contributed by atoms with Crippen LogP contribution in [0, 0.1) is 0 Å². The largest absolute Gasteiger partial charge is 0.433 e. The van der Waals surface area contributed by atoms with Crippen LogP contribution in [-0.4, -0.2) is 17.0 Å². The molecule has 0 amide bonds. The van der Waals surface area contributed by atoms with E-state index < -0.39 is 11.9 Å². The third-order valence-electron chi connectivity index (χ3n) is 4.32. The van der Waals surface area contributed by atoms with Gasteiger partial charge in [-0.05, 0) is 11.6 Å². The van der Waals surface area contributed by atoms with Gasteiger partial charge in [-0.1, -0.05) is 48.5 Å². The number of hydrogen-bond acceptors (Lipinski definition) is 3. The molecule has 4 rings (SSSR count). The Labute approximate surface area is 142 Å². The Morgan fingerprint density at radius 3 is 2.32 bits per heavy atom. The highest BCUT2D eigenvalue weighted by Gasteiger charge is 2.39. The SMILES string of the molecule is CN1c2ccccc2Cc2c1nc(-c1ccccc1)nc2C(F)(F)F. The zero-order valence-corrected chi connectivity index (χ0v) is 13.4. The average molecular weight is 341 g/mol. The van der Waals surface area contributed by atoms with E-state index in [2.05, 4.69) is 9.97 Å². The third-order valence-corrected chi connectivity index (χ3v) is 4.32. The molecule has 0 aliphatic carbocycles. The smallest absolute Gasteiger partial charge is 0.329 e. The number of anilines is 2. The van der Waals surface area contributed by atoms with Crippen molar-refractivity contribution in [3.63, 3.8) is 0 Å². The zero-order chi connectivity index (χ0) is 17.6. The molecule has 0 unspecified atom stereocenters. The van der Waals surface area contributed by atoms with Crippen molar-refractivity contribution in [3.05, 3.63) is 71.4 Å². The second-order valence-electron chi connectivity index (χ2n) is 5.93. The Bertz CT molecular complexity index is 936. The molecule has 126 valence electrons. The van der Waals surface area contributed by atoms with Crippen molar-refractivity contribution in [2.24, 2.45) is 0 Å². The molecule has 1 aromatic heterocycles. The molecule has 1 aliphatic rings. The molecule has 25 heavy (non-hydrogen) atoms. The Kier molecular flexibility index (Phi) is 3.49. The fourth-order valence-electron chi connectivity index (χ4n) is 3.16. The van der Waals surface area contributed by atoms with E-state index in [-0.39, 0.29) is 17.8 Å². The molecule has 3 aromatic rings. The minimum Gasteiger partial charge on any atom is -0.329 e. The minimum absolute atomic E-state index is 0.0814. The van der Waals surface area contributed by atoms with Crippen molar-refractivity contribution in [1.82, 2.24) is 9.97 Å². The van der Waals surface area contributed by atoms with Gasteiger partial charge in [-0.25, -0.2) is 9.97 Å². The van der Waals surface area contributed by atoms with E-state index in [1.54, 1.807) is 42.3 Å². The quantitative estimate of drug-likeness (QED) is 0.634. The van der Waals surface area contributed by atoms with E-state index in [0.29, 0.717) is 11.4 Å². The number of nitrogens with zero attached hydrogens (tertiary/aromatic N) is 3. The second kappa shape index (κ2) is 5.58. The predicted octanol–water partition coefficient (Wildman–Crippen LogP) is 4.83. The molecule has 0 atom stereocenters. The van der Waals surface area contributed by atoms with Crippen molar-refractivity contribution in [2.75, 3.05) is 11.9 Å². The summed E-state index contributed by atoms with van der Waals surface area (Å²) in [5.41, 5.74) is 1.51. The molecule has 0 saturated carbocycles. The van der Waals surface area contributed by atoms with Crippen LogP contribution in [0.5, 0.6) is 0 Å². The van der Waals surface area contributed by atoms with Gasteiger partial charge in [0.1, 0.15) is 5.82 Å². The molecular weight excluding hydrogens is 327 g/mol. The van der Waals surface area contributed by atoms with Crippen LogP contribution < -0.4 is 4.90 Å². The standard InChI is InChI=1S/C19H14F3N3/c1-25-15-10-6-5-9-13(15)11-14-16(19(20,21)22)23-17(24-18(14)25)12-7-3-2-4-8-12/h2-10H,11H2,1H3. The van der Waals surface area contributed by atoms with E-state index in [4.69, 9.17) is 0 Å².